The van der Waals surface area contributed by atoms with Crippen molar-refractivity contribution in [3.63, 3.8) is 0 Å². The van der Waals surface area contributed by atoms with Gasteiger partial charge in [0, 0.05) is 11.3 Å². The highest BCUT2D eigenvalue weighted by Crippen LogP contribution is 2.38. The molecule has 4 rings (SSSR count). The van der Waals surface area contributed by atoms with E-state index in [0.29, 0.717) is 45.1 Å². The monoisotopic (exact) mass is 586 g/mol. The minimum absolute atomic E-state index is 0.00123. The lowest BCUT2D eigenvalue weighted by Gasteiger charge is -2.14. The molecule has 0 radical (unpaired) electrons. The number of benzene rings is 4. The fourth-order valence-electron chi connectivity index (χ4n) is 3.62. The molecule has 0 unspecified atom stereocenters. The number of nitriles is 1. The van der Waals surface area contributed by atoms with Gasteiger partial charge in [-0.15, -0.1) is 0 Å². The fourth-order valence-corrected chi connectivity index (χ4v) is 4.19. The Morgan fingerprint density at radius 3 is 2.38 bits per heavy atom. The summed E-state index contributed by atoms with van der Waals surface area (Å²) in [6.45, 7) is 0.429. The molecule has 0 saturated carbocycles. The second-order valence-corrected chi connectivity index (χ2v) is 9.19. The Morgan fingerprint density at radius 1 is 0.974 bits per heavy atom. The quantitative estimate of drug-likeness (QED) is 0.156. The van der Waals surface area contributed by atoms with Crippen LogP contribution in [0.15, 0.2) is 101 Å². The zero-order valence-corrected chi connectivity index (χ0v) is 22.6. The second kappa shape index (κ2) is 13.3. The Labute approximate surface area is 234 Å². The van der Waals surface area contributed by atoms with Crippen molar-refractivity contribution in [2.75, 3.05) is 12.4 Å². The van der Waals surface area contributed by atoms with Crippen molar-refractivity contribution in [2.24, 2.45) is 0 Å². The van der Waals surface area contributed by atoms with E-state index >= 15 is 0 Å². The minimum Gasteiger partial charge on any atom is -0.493 e. The van der Waals surface area contributed by atoms with Crippen molar-refractivity contribution in [2.45, 2.75) is 13.2 Å². The number of hydrogen-bond acceptors (Lipinski definition) is 5. The number of hydrogen-bond donors (Lipinski definition) is 1. The number of nitrogens with one attached hydrogen (secondary N) is 1. The van der Waals surface area contributed by atoms with Crippen molar-refractivity contribution in [3.05, 3.63) is 124 Å². The van der Waals surface area contributed by atoms with Crippen LogP contribution in [0.5, 0.6) is 17.2 Å². The van der Waals surface area contributed by atoms with Gasteiger partial charge < -0.3 is 19.5 Å². The number of nitrogens with zero attached hydrogens (tertiary/aromatic N) is 1. The van der Waals surface area contributed by atoms with E-state index in [-0.39, 0.29) is 18.0 Å². The molecule has 0 saturated heterocycles. The first-order chi connectivity index (χ1) is 19.0. The van der Waals surface area contributed by atoms with Crippen LogP contribution >= 0.6 is 15.9 Å². The van der Waals surface area contributed by atoms with Gasteiger partial charge in [-0.3, -0.25) is 4.79 Å². The molecule has 8 heteroatoms. The maximum Gasteiger partial charge on any atom is 0.266 e. The first-order valence-electron chi connectivity index (χ1n) is 11.9. The van der Waals surface area contributed by atoms with Crippen molar-refractivity contribution < 1.29 is 23.4 Å². The summed E-state index contributed by atoms with van der Waals surface area (Å²) in [6, 6.07) is 28.3. The van der Waals surface area contributed by atoms with Crippen LogP contribution in [0.25, 0.3) is 6.08 Å². The van der Waals surface area contributed by atoms with Crippen molar-refractivity contribution in [1.82, 2.24) is 0 Å². The van der Waals surface area contributed by atoms with Crippen LogP contribution in [0.3, 0.4) is 0 Å². The predicted octanol–water partition coefficient (Wildman–Crippen LogP) is 7.30. The summed E-state index contributed by atoms with van der Waals surface area (Å²) in [7, 11) is 1.47. The van der Waals surface area contributed by atoms with Gasteiger partial charge in [-0.25, -0.2) is 4.39 Å². The normalized spacial score (nSPS) is 10.9. The highest BCUT2D eigenvalue weighted by Gasteiger charge is 2.15. The molecule has 4 aromatic carbocycles. The molecule has 0 fully saturated rings. The van der Waals surface area contributed by atoms with Crippen LogP contribution < -0.4 is 19.5 Å². The van der Waals surface area contributed by atoms with Gasteiger partial charge in [-0.05, 0) is 75.6 Å². The Balaban J connectivity index is 1.43. The van der Waals surface area contributed by atoms with Crippen LogP contribution in [0.1, 0.15) is 16.7 Å². The van der Waals surface area contributed by atoms with Crippen LogP contribution in [0.2, 0.25) is 0 Å². The molecule has 0 aliphatic rings. The molecule has 4 aromatic rings. The summed E-state index contributed by atoms with van der Waals surface area (Å²) in [6.07, 6.45) is 1.45. The maximum absolute atomic E-state index is 14.0. The molecule has 39 heavy (non-hydrogen) atoms. The average molecular weight is 587 g/mol. The van der Waals surface area contributed by atoms with E-state index < -0.39 is 5.91 Å². The standard InChI is InChI=1S/C31H24BrFN2O4/c1-37-29-17-22(16-27(32)30(29)39-20-23-9-5-6-10-28(23)33)15-24(18-34)31(36)35-25-11-13-26(14-12-25)38-19-21-7-3-2-4-8-21/h2-17H,19-20H2,1H3,(H,35,36)/b24-15+. The molecule has 0 bridgehead atoms. The number of amides is 1. The van der Waals surface area contributed by atoms with Gasteiger partial charge in [0.25, 0.3) is 5.91 Å². The molecule has 1 amide bonds. The molecule has 0 aliphatic carbocycles. The number of anilines is 1. The summed E-state index contributed by atoms with van der Waals surface area (Å²) in [5.41, 5.74) is 2.40. The predicted molar refractivity (Wildman–Crippen MR) is 151 cm³/mol. The van der Waals surface area contributed by atoms with Gasteiger partial charge in [0.15, 0.2) is 11.5 Å². The van der Waals surface area contributed by atoms with E-state index in [9.17, 15) is 14.4 Å². The van der Waals surface area contributed by atoms with Gasteiger partial charge in [0.2, 0.25) is 0 Å². The number of halogens is 2. The summed E-state index contributed by atoms with van der Waals surface area (Å²) in [5, 5.41) is 12.4. The number of carbonyl (C=O) groups excluding carboxylic acids is 1. The molecule has 6 nitrogen and oxygen atoms in total. The number of carbonyl (C=O) groups is 1. The molecule has 0 aromatic heterocycles. The lowest BCUT2D eigenvalue weighted by Crippen LogP contribution is -2.13. The van der Waals surface area contributed by atoms with E-state index in [1.165, 1.54) is 19.3 Å². The molecular formula is C31H24BrFN2O4. The topological polar surface area (TPSA) is 80.6 Å². The Morgan fingerprint density at radius 2 is 1.69 bits per heavy atom. The van der Waals surface area contributed by atoms with E-state index in [1.807, 2.05) is 36.4 Å². The third-order valence-electron chi connectivity index (χ3n) is 5.62. The Hall–Kier alpha value is -4.61. The van der Waals surface area contributed by atoms with Gasteiger partial charge in [-0.2, -0.15) is 5.26 Å². The minimum atomic E-state index is -0.564. The van der Waals surface area contributed by atoms with Crippen LogP contribution in [-0.2, 0) is 18.0 Å². The van der Waals surface area contributed by atoms with Crippen LogP contribution in [-0.4, -0.2) is 13.0 Å². The lowest BCUT2D eigenvalue weighted by atomic mass is 10.1. The zero-order valence-electron chi connectivity index (χ0n) is 21.0. The number of methoxy groups -OCH3 is 1. The largest absolute Gasteiger partial charge is 0.493 e. The number of rotatable bonds is 10. The second-order valence-electron chi connectivity index (χ2n) is 8.34. The summed E-state index contributed by atoms with van der Waals surface area (Å²) < 4.78 is 31.5. The fraction of sp³-hybridized carbons (Fsp3) is 0.0968. The Bertz CT molecular complexity index is 1520. The highest BCUT2D eigenvalue weighted by atomic mass is 79.9. The first kappa shape index (κ1) is 27.4. The molecule has 0 atom stereocenters. The van der Waals surface area contributed by atoms with Gasteiger partial charge in [0.05, 0.1) is 11.6 Å². The summed E-state index contributed by atoms with van der Waals surface area (Å²) in [4.78, 5) is 12.8. The highest BCUT2D eigenvalue weighted by molar-refractivity contribution is 9.10. The summed E-state index contributed by atoms with van der Waals surface area (Å²) in [5.74, 6) is 0.449. The molecule has 0 aliphatic heterocycles. The Kier molecular flexibility index (Phi) is 9.33. The average Bonchev–Trinajstić information content (AvgIpc) is 2.96. The molecule has 196 valence electrons. The van der Waals surface area contributed by atoms with E-state index in [4.69, 9.17) is 14.2 Å². The van der Waals surface area contributed by atoms with Crippen molar-refractivity contribution >= 4 is 33.6 Å². The van der Waals surface area contributed by atoms with Gasteiger partial charge in [0.1, 0.15) is 36.4 Å². The van der Waals surface area contributed by atoms with Crippen LogP contribution in [0.4, 0.5) is 10.1 Å². The van der Waals surface area contributed by atoms with E-state index in [0.717, 1.165) is 5.56 Å². The smallest absolute Gasteiger partial charge is 0.266 e. The van der Waals surface area contributed by atoms with E-state index in [2.05, 4.69) is 21.2 Å². The first-order valence-corrected chi connectivity index (χ1v) is 12.7. The summed E-state index contributed by atoms with van der Waals surface area (Å²) >= 11 is 3.44. The van der Waals surface area contributed by atoms with Gasteiger partial charge in [-0.1, -0.05) is 48.5 Å². The van der Waals surface area contributed by atoms with Crippen LogP contribution in [0, 0.1) is 17.1 Å². The zero-order chi connectivity index (χ0) is 27.6. The van der Waals surface area contributed by atoms with Gasteiger partial charge >= 0.3 is 0 Å². The lowest BCUT2D eigenvalue weighted by molar-refractivity contribution is -0.112. The third-order valence-corrected chi connectivity index (χ3v) is 6.21. The van der Waals surface area contributed by atoms with Crippen molar-refractivity contribution in [3.8, 4) is 23.3 Å². The number of ether oxygens (including phenoxy) is 3. The van der Waals surface area contributed by atoms with E-state index in [1.54, 1.807) is 54.6 Å². The molecule has 0 spiro atoms. The SMILES string of the molecule is COc1cc(/C=C(\C#N)C(=O)Nc2ccc(OCc3ccccc3)cc2)cc(Br)c1OCc1ccccc1F. The third kappa shape index (κ3) is 7.46. The maximum atomic E-state index is 14.0. The molecular weight excluding hydrogens is 563 g/mol. The molecule has 1 N–H and O–H groups in total. The van der Waals surface area contributed by atoms with Crippen molar-refractivity contribution in [1.29, 1.82) is 5.26 Å². The molecule has 0 heterocycles.